The molecule has 3 unspecified atom stereocenters. The van der Waals surface area contributed by atoms with Gasteiger partial charge in [0.05, 0.1) is 0 Å². The monoisotopic (exact) mass is 237 g/mol. The van der Waals surface area contributed by atoms with Gasteiger partial charge in [0.1, 0.15) is 0 Å². The third-order valence-electron chi connectivity index (χ3n) is 3.18. The number of aryl methyl sites for hydroxylation is 1. The Kier molecular flexibility index (Phi) is 3.77. The molecule has 0 amide bonds. The molecule has 2 nitrogen and oxygen atoms in total. The minimum atomic E-state index is -0.680. The highest BCUT2D eigenvalue weighted by atomic mass is 32.2. The van der Waals surface area contributed by atoms with Crippen LogP contribution in [0.1, 0.15) is 30.5 Å². The third kappa shape index (κ3) is 2.71. The van der Waals surface area contributed by atoms with Gasteiger partial charge in [0, 0.05) is 34.4 Å². The van der Waals surface area contributed by atoms with Crippen molar-refractivity contribution in [1.82, 2.24) is 5.32 Å². The van der Waals surface area contributed by atoms with Crippen molar-refractivity contribution >= 4 is 10.8 Å². The predicted octanol–water partition coefficient (Wildman–Crippen LogP) is 2.17. The fraction of sp³-hybridized carbons (Fsp3) is 0.538. The summed E-state index contributed by atoms with van der Waals surface area (Å²) in [6.07, 6.45) is 1.01. The molecule has 16 heavy (non-hydrogen) atoms. The van der Waals surface area contributed by atoms with Crippen LogP contribution in [0.5, 0.6) is 0 Å². The SMILES string of the molecule is Cc1ccccc1C1CS(=O)CCC(C)N1. The summed E-state index contributed by atoms with van der Waals surface area (Å²) < 4.78 is 11.8. The van der Waals surface area contributed by atoms with Crippen LogP contribution in [0.25, 0.3) is 0 Å². The van der Waals surface area contributed by atoms with E-state index in [1.807, 2.05) is 0 Å². The van der Waals surface area contributed by atoms with Crippen molar-refractivity contribution in [3.63, 3.8) is 0 Å². The van der Waals surface area contributed by atoms with Gasteiger partial charge in [0.2, 0.25) is 0 Å². The average Bonchev–Trinajstić information content (AvgIpc) is 2.41. The first-order chi connectivity index (χ1) is 7.66. The van der Waals surface area contributed by atoms with Crippen LogP contribution in [0, 0.1) is 6.92 Å². The van der Waals surface area contributed by atoms with E-state index in [0.29, 0.717) is 6.04 Å². The molecule has 0 aromatic heterocycles. The molecular weight excluding hydrogens is 218 g/mol. The molecule has 0 bridgehead atoms. The lowest BCUT2D eigenvalue weighted by molar-refractivity contribution is 0.483. The van der Waals surface area contributed by atoms with E-state index < -0.39 is 10.8 Å². The van der Waals surface area contributed by atoms with Gasteiger partial charge in [0.25, 0.3) is 0 Å². The quantitative estimate of drug-likeness (QED) is 0.811. The van der Waals surface area contributed by atoms with E-state index in [4.69, 9.17) is 0 Å². The lowest BCUT2D eigenvalue weighted by Gasteiger charge is -2.21. The molecule has 0 aliphatic carbocycles. The second-order valence-electron chi connectivity index (χ2n) is 4.58. The Morgan fingerprint density at radius 3 is 2.88 bits per heavy atom. The van der Waals surface area contributed by atoms with Crippen LogP contribution in [-0.4, -0.2) is 21.8 Å². The Bertz CT molecular complexity index is 391. The first-order valence-corrected chi connectivity index (χ1v) is 7.32. The second kappa shape index (κ2) is 5.11. The van der Waals surface area contributed by atoms with Crippen molar-refractivity contribution in [2.45, 2.75) is 32.4 Å². The fourth-order valence-corrected chi connectivity index (χ4v) is 3.64. The van der Waals surface area contributed by atoms with E-state index in [9.17, 15) is 4.21 Å². The summed E-state index contributed by atoms with van der Waals surface area (Å²) in [4.78, 5) is 0. The van der Waals surface area contributed by atoms with E-state index in [0.717, 1.165) is 17.9 Å². The Balaban J connectivity index is 2.25. The van der Waals surface area contributed by atoms with Gasteiger partial charge in [-0.25, -0.2) is 0 Å². The van der Waals surface area contributed by atoms with Gasteiger partial charge in [-0.05, 0) is 31.4 Å². The van der Waals surface area contributed by atoms with Crippen LogP contribution < -0.4 is 5.32 Å². The molecule has 1 aromatic carbocycles. The number of nitrogens with one attached hydrogen (secondary N) is 1. The summed E-state index contributed by atoms with van der Waals surface area (Å²) >= 11 is 0. The maximum atomic E-state index is 11.8. The van der Waals surface area contributed by atoms with Crippen LogP contribution in [0.4, 0.5) is 0 Å². The molecule has 2 rings (SSSR count). The normalized spacial score (nSPS) is 31.0. The molecule has 0 spiro atoms. The van der Waals surface area contributed by atoms with Gasteiger partial charge < -0.3 is 5.32 Å². The Hall–Kier alpha value is -0.670. The minimum absolute atomic E-state index is 0.250. The van der Waals surface area contributed by atoms with E-state index in [2.05, 4.69) is 43.4 Å². The van der Waals surface area contributed by atoms with Crippen LogP contribution in [-0.2, 0) is 10.8 Å². The smallest absolute Gasteiger partial charge is 0.0441 e. The van der Waals surface area contributed by atoms with Gasteiger partial charge in [-0.2, -0.15) is 0 Å². The summed E-state index contributed by atoms with van der Waals surface area (Å²) in [5.41, 5.74) is 2.58. The van der Waals surface area contributed by atoms with E-state index in [1.54, 1.807) is 0 Å². The summed E-state index contributed by atoms with van der Waals surface area (Å²) in [6, 6.07) is 9.08. The first-order valence-electron chi connectivity index (χ1n) is 5.83. The molecule has 1 aliphatic heterocycles. The first kappa shape index (κ1) is 11.8. The summed E-state index contributed by atoms with van der Waals surface area (Å²) in [5, 5.41) is 3.57. The van der Waals surface area contributed by atoms with Gasteiger partial charge in [0.15, 0.2) is 0 Å². The van der Waals surface area contributed by atoms with Crippen molar-refractivity contribution in [1.29, 1.82) is 0 Å². The number of hydrogen-bond donors (Lipinski definition) is 1. The molecule has 3 heteroatoms. The van der Waals surface area contributed by atoms with E-state index >= 15 is 0 Å². The Labute approximate surface area is 99.9 Å². The largest absolute Gasteiger partial charge is 0.307 e. The Morgan fingerprint density at radius 2 is 2.12 bits per heavy atom. The van der Waals surface area contributed by atoms with Crippen LogP contribution >= 0.6 is 0 Å². The molecule has 1 heterocycles. The summed E-state index contributed by atoms with van der Waals surface area (Å²) in [6.45, 7) is 4.29. The molecule has 1 saturated heterocycles. The van der Waals surface area contributed by atoms with Crippen LogP contribution in [0.15, 0.2) is 24.3 Å². The summed E-state index contributed by atoms with van der Waals surface area (Å²) in [7, 11) is -0.680. The van der Waals surface area contributed by atoms with Crippen LogP contribution in [0.2, 0.25) is 0 Å². The summed E-state index contributed by atoms with van der Waals surface area (Å²) in [5.74, 6) is 1.58. The van der Waals surface area contributed by atoms with Gasteiger partial charge in [-0.1, -0.05) is 24.3 Å². The molecule has 88 valence electrons. The van der Waals surface area contributed by atoms with Crippen molar-refractivity contribution in [3.05, 3.63) is 35.4 Å². The van der Waals surface area contributed by atoms with Crippen molar-refractivity contribution in [3.8, 4) is 0 Å². The average molecular weight is 237 g/mol. The lowest BCUT2D eigenvalue weighted by atomic mass is 10.0. The maximum absolute atomic E-state index is 11.8. The second-order valence-corrected chi connectivity index (χ2v) is 6.20. The van der Waals surface area contributed by atoms with Gasteiger partial charge in [-0.15, -0.1) is 0 Å². The number of benzene rings is 1. The minimum Gasteiger partial charge on any atom is -0.307 e. The zero-order chi connectivity index (χ0) is 11.5. The maximum Gasteiger partial charge on any atom is 0.0441 e. The number of hydrogen-bond acceptors (Lipinski definition) is 2. The van der Waals surface area contributed by atoms with Crippen molar-refractivity contribution in [2.75, 3.05) is 11.5 Å². The highest BCUT2D eigenvalue weighted by Gasteiger charge is 2.22. The lowest BCUT2D eigenvalue weighted by Crippen LogP contribution is -2.31. The molecule has 1 aromatic rings. The molecule has 0 saturated carbocycles. The molecule has 1 fully saturated rings. The predicted molar refractivity (Wildman–Crippen MR) is 69.0 cm³/mol. The fourth-order valence-electron chi connectivity index (χ4n) is 2.21. The molecule has 3 atom stereocenters. The highest BCUT2D eigenvalue weighted by molar-refractivity contribution is 7.85. The zero-order valence-electron chi connectivity index (χ0n) is 9.90. The molecule has 0 radical (unpaired) electrons. The van der Waals surface area contributed by atoms with E-state index in [1.165, 1.54) is 11.1 Å². The number of rotatable bonds is 1. The topological polar surface area (TPSA) is 29.1 Å². The van der Waals surface area contributed by atoms with E-state index in [-0.39, 0.29) is 6.04 Å². The zero-order valence-corrected chi connectivity index (χ0v) is 10.7. The van der Waals surface area contributed by atoms with Crippen molar-refractivity contribution in [2.24, 2.45) is 0 Å². The third-order valence-corrected chi connectivity index (χ3v) is 4.58. The van der Waals surface area contributed by atoms with Crippen LogP contribution in [0.3, 0.4) is 0 Å². The molecule has 1 N–H and O–H groups in total. The Morgan fingerprint density at radius 1 is 1.38 bits per heavy atom. The highest BCUT2D eigenvalue weighted by Crippen LogP contribution is 2.21. The van der Waals surface area contributed by atoms with Crippen molar-refractivity contribution < 1.29 is 4.21 Å². The van der Waals surface area contributed by atoms with Gasteiger partial charge in [-0.3, -0.25) is 4.21 Å². The molecular formula is C13H19NOS. The van der Waals surface area contributed by atoms with Gasteiger partial charge >= 0.3 is 0 Å². The standard InChI is InChI=1S/C13H19NOS/c1-10-5-3-4-6-12(10)13-9-16(15)8-7-11(2)14-13/h3-6,11,13-14H,7-9H2,1-2H3. The molecule has 1 aliphatic rings.